The maximum absolute atomic E-state index is 11.4. The number of imidazole rings is 1. The zero-order valence-electron chi connectivity index (χ0n) is 20.3. The van der Waals surface area contributed by atoms with Gasteiger partial charge in [0.05, 0.1) is 27.9 Å². The van der Waals surface area contributed by atoms with Gasteiger partial charge in [0.2, 0.25) is 0 Å². The Labute approximate surface area is 232 Å². The standard InChI is InChI=1S/C25H24Cl2N4O6S/c1-35-13-37-16-5-3-4-14(8-16)22-23(20-6-7-28-25(29-20)38-2)31(34)24(30-22)21-18(26)9-17(10-19(21)27)36-12-15(33)11-32/h3-10,15,32-34H,11-13H2,1-2H3/t15-/m1/s1. The fraction of sp³-hybridized carbons (Fsp3) is 0.240. The first-order valence-corrected chi connectivity index (χ1v) is 13.2. The predicted molar refractivity (Wildman–Crippen MR) is 144 cm³/mol. The lowest BCUT2D eigenvalue weighted by Gasteiger charge is -2.13. The van der Waals surface area contributed by atoms with Crippen molar-refractivity contribution in [3.63, 3.8) is 0 Å². The van der Waals surface area contributed by atoms with E-state index in [1.54, 1.807) is 30.5 Å². The summed E-state index contributed by atoms with van der Waals surface area (Å²) < 4.78 is 16.9. The molecule has 0 bridgehead atoms. The van der Waals surface area contributed by atoms with Gasteiger partial charge < -0.3 is 29.6 Å². The van der Waals surface area contributed by atoms with E-state index in [2.05, 4.69) is 9.97 Å². The smallest absolute Gasteiger partial charge is 0.188 e. The number of hydrogen-bond acceptors (Lipinski definition) is 10. The summed E-state index contributed by atoms with van der Waals surface area (Å²) in [6.07, 6.45) is 2.38. The third kappa shape index (κ3) is 6.15. The largest absolute Gasteiger partial charge is 0.491 e. The van der Waals surface area contributed by atoms with E-state index in [1.165, 1.54) is 31.0 Å². The number of nitrogens with zero attached hydrogens (tertiary/aromatic N) is 4. The fourth-order valence-corrected chi connectivity index (χ4v) is 4.52. The molecular weight excluding hydrogens is 555 g/mol. The van der Waals surface area contributed by atoms with Crippen molar-refractivity contribution in [1.29, 1.82) is 0 Å². The van der Waals surface area contributed by atoms with Crippen molar-refractivity contribution >= 4 is 35.0 Å². The molecule has 4 rings (SSSR count). The van der Waals surface area contributed by atoms with Gasteiger partial charge in [-0.2, -0.15) is 4.73 Å². The van der Waals surface area contributed by atoms with Gasteiger partial charge >= 0.3 is 0 Å². The highest BCUT2D eigenvalue weighted by molar-refractivity contribution is 7.98. The Balaban J connectivity index is 1.86. The number of thioether (sulfide) groups is 1. The van der Waals surface area contributed by atoms with E-state index in [-0.39, 0.29) is 40.6 Å². The molecule has 0 spiro atoms. The molecule has 0 saturated carbocycles. The van der Waals surface area contributed by atoms with Gasteiger partial charge in [-0.15, -0.1) is 0 Å². The lowest BCUT2D eigenvalue weighted by atomic mass is 10.1. The van der Waals surface area contributed by atoms with Crippen molar-refractivity contribution in [2.75, 3.05) is 33.4 Å². The van der Waals surface area contributed by atoms with Crippen LogP contribution in [-0.4, -0.2) is 74.6 Å². The Hall–Kier alpha value is -3.06. The highest BCUT2D eigenvalue weighted by atomic mass is 35.5. The molecule has 1 atom stereocenters. The molecule has 0 amide bonds. The van der Waals surface area contributed by atoms with Gasteiger partial charge in [0, 0.05) is 18.9 Å². The highest BCUT2D eigenvalue weighted by Gasteiger charge is 2.26. The van der Waals surface area contributed by atoms with Crippen molar-refractivity contribution in [3.8, 4) is 45.5 Å². The average molecular weight is 579 g/mol. The number of halogens is 2. The van der Waals surface area contributed by atoms with Crippen LogP contribution in [-0.2, 0) is 4.74 Å². The number of hydrogen-bond donors (Lipinski definition) is 3. The minimum atomic E-state index is -1.06. The third-order valence-electron chi connectivity index (χ3n) is 5.26. The molecular formula is C25H24Cl2N4O6S. The third-order valence-corrected chi connectivity index (χ3v) is 6.41. The Morgan fingerprint density at radius 1 is 1.05 bits per heavy atom. The minimum Gasteiger partial charge on any atom is -0.491 e. The van der Waals surface area contributed by atoms with Crippen molar-refractivity contribution in [2.24, 2.45) is 0 Å². The quantitative estimate of drug-likeness (QED) is 0.0998. The molecule has 38 heavy (non-hydrogen) atoms. The molecule has 0 aliphatic carbocycles. The van der Waals surface area contributed by atoms with E-state index < -0.39 is 12.7 Å². The second-order valence-electron chi connectivity index (χ2n) is 7.86. The van der Waals surface area contributed by atoms with E-state index in [1.807, 2.05) is 12.3 Å². The molecule has 4 aromatic rings. The van der Waals surface area contributed by atoms with Crippen LogP contribution in [0.3, 0.4) is 0 Å². The number of aromatic nitrogens is 4. The molecule has 3 N–H and O–H groups in total. The Morgan fingerprint density at radius 2 is 1.82 bits per heavy atom. The van der Waals surface area contributed by atoms with Crippen molar-refractivity contribution in [3.05, 3.63) is 58.7 Å². The van der Waals surface area contributed by atoms with E-state index in [4.69, 9.17) is 47.5 Å². The molecule has 0 fully saturated rings. The summed E-state index contributed by atoms with van der Waals surface area (Å²) in [7, 11) is 1.53. The molecule has 0 aliphatic heterocycles. The number of rotatable bonds is 11. The van der Waals surface area contributed by atoms with Gasteiger partial charge in [-0.1, -0.05) is 47.1 Å². The molecule has 2 heterocycles. The molecule has 0 aliphatic rings. The number of methoxy groups -OCH3 is 1. The minimum absolute atomic E-state index is 0.0635. The van der Waals surface area contributed by atoms with E-state index in [0.717, 1.165) is 4.73 Å². The normalized spacial score (nSPS) is 11.9. The van der Waals surface area contributed by atoms with Gasteiger partial charge in [0.1, 0.15) is 35.6 Å². The molecule has 0 saturated heterocycles. The summed E-state index contributed by atoms with van der Waals surface area (Å²) in [4.78, 5) is 13.5. The number of aliphatic hydroxyl groups excluding tert-OH is 2. The lowest BCUT2D eigenvalue weighted by Crippen LogP contribution is -2.21. The second kappa shape index (κ2) is 12.7. The number of benzene rings is 2. The monoisotopic (exact) mass is 578 g/mol. The van der Waals surface area contributed by atoms with Gasteiger partial charge in [-0.3, -0.25) is 0 Å². The predicted octanol–water partition coefficient (Wildman–Crippen LogP) is 4.65. The van der Waals surface area contributed by atoms with Crippen molar-refractivity contribution < 1.29 is 29.6 Å². The van der Waals surface area contributed by atoms with E-state index >= 15 is 0 Å². The molecule has 10 nitrogen and oxygen atoms in total. The molecule has 13 heteroatoms. The van der Waals surface area contributed by atoms with Crippen LogP contribution in [0.15, 0.2) is 53.8 Å². The SMILES string of the molecule is COCOc1cccc(-c2nc(-c3c(Cl)cc(OC[C@H](O)CO)cc3Cl)n(O)c2-c2ccnc(SC)n2)c1. The molecule has 2 aromatic heterocycles. The summed E-state index contributed by atoms with van der Waals surface area (Å²) in [5.41, 5.74) is 2.00. The molecule has 0 radical (unpaired) electrons. The van der Waals surface area contributed by atoms with Crippen LogP contribution in [0.1, 0.15) is 0 Å². The Morgan fingerprint density at radius 3 is 2.50 bits per heavy atom. The van der Waals surface area contributed by atoms with Gasteiger partial charge in [-0.05, 0) is 36.6 Å². The highest BCUT2D eigenvalue weighted by Crippen LogP contribution is 2.42. The number of ether oxygens (including phenoxy) is 3. The first-order chi connectivity index (χ1) is 18.4. The van der Waals surface area contributed by atoms with Crippen LogP contribution < -0.4 is 9.47 Å². The lowest BCUT2D eigenvalue weighted by molar-refractivity contribution is 0.0511. The Kier molecular flexibility index (Phi) is 9.31. The Bertz CT molecular complexity index is 1400. The first kappa shape index (κ1) is 28.0. The summed E-state index contributed by atoms with van der Waals surface area (Å²) >= 11 is 14.5. The van der Waals surface area contributed by atoms with Crippen LogP contribution in [0.4, 0.5) is 0 Å². The van der Waals surface area contributed by atoms with Crippen LogP contribution >= 0.6 is 35.0 Å². The van der Waals surface area contributed by atoms with Crippen molar-refractivity contribution in [2.45, 2.75) is 11.3 Å². The van der Waals surface area contributed by atoms with Crippen LogP contribution in [0.25, 0.3) is 34.0 Å². The summed E-state index contributed by atoms with van der Waals surface area (Å²) in [5, 5.41) is 30.8. The van der Waals surface area contributed by atoms with Crippen LogP contribution in [0.5, 0.6) is 11.5 Å². The number of aliphatic hydroxyl groups is 2. The summed E-state index contributed by atoms with van der Waals surface area (Å²) in [5.74, 6) is 0.884. The zero-order chi connectivity index (χ0) is 27.2. The van der Waals surface area contributed by atoms with Crippen LogP contribution in [0, 0.1) is 0 Å². The molecule has 2 aromatic carbocycles. The summed E-state index contributed by atoms with van der Waals surface area (Å²) in [6.45, 7) is -0.543. The zero-order valence-corrected chi connectivity index (χ0v) is 22.7. The van der Waals surface area contributed by atoms with Crippen LogP contribution in [0.2, 0.25) is 10.0 Å². The fourth-order valence-electron chi connectivity index (χ4n) is 3.53. The maximum Gasteiger partial charge on any atom is 0.188 e. The topological polar surface area (TPSA) is 132 Å². The van der Waals surface area contributed by atoms with Gasteiger partial charge in [-0.25, -0.2) is 15.0 Å². The summed E-state index contributed by atoms with van der Waals surface area (Å²) in [6, 6.07) is 11.8. The van der Waals surface area contributed by atoms with Gasteiger partial charge in [0.15, 0.2) is 17.8 Å². The van der Waals surface area contributed by atoms with Gasteiger partial charge in [0.25, 0.3) is 0 Å². The van der Waals surface area contributed by atoms with E-state index in [0.29, 0.717) is 33.6 Å². The molecule has 0 unspecified atom stereocenters. The first-order valence-electron chi connectivity index (χ1n) is 11.2. The molecule has 200 valence electrons. The van der Waals surface area contributed by atoms with Crippen molar-refractivity contribution in [1.82, 2.24) is 19.7 Å². The second-order valence-corrected chi connectivity index (χ2v) is 9.45. The average Bonchev–Trinajstić information content (AvgIpc) is 3.26. The van der Waals surface area contributed by atoms with E-state index in [9.17, 15) is 10.3 Å². The maximum atomic E-state index is 11.4.